The molecule has 2 unspecified atom stereocenters. The van der Waals surface area contributed by atoms with Gasteiger partial charge in [0.25, 0.3) is 0 Å². The Balaban J connectivity index is 1.59. The van der Waals surface area contributed by atoms with E-state index >= 15 is 0 Å². The molecule has 4 rings (SSSR count). The number of carbonyl (C=O) groups is 2. The van der Waals surface area contributed by atoms with E-state index in [1.165, 1.54) is 0 Å². The van der Waals surface area contributed by atoms with Gasteiger partial charge in [0, 0.05) is 29.7 Å². The van der Waals surface area contributed by atoms with E-state index in [1.807, 2.05) is 24.3 Å². The maximum absolute atomic E-state index is 13.8. The predicted octanol–water partition coefficient (Wildman–Crippen LogP) is 4.92. The highest BCUT2D eigenvalue weighted by Gasteiger charge is 2.56. The molecule has 3 fully saturated rings. The zero-order valence-electron chi connectivity index (χ0n) is 17.5. The van der Waals surface area contributed by atoms with Gasteiger partial charge < -0.3 is 14.9 Å². The van der Waals surface area contributed by atoms with E-state index < -0.39 is 11.5 Å². The lowest BCUT2D eigenvalue weighted by Gasteiger charge is -2.48. The molecule has 1 aromatic carbocycles. The van der Waals surface area contributed by atoms with Crippen molar-refractivity contribution in [2.24, 2.45) is 5.41 Å². The summed E-state index contributed by atoms with van der Waals surface area (Å²) in [7, 11) is 0. The van der Waals surface area contributed by atoms with Gasteiger partial charge in [0.15, 0.2) is 0 Å². The van der Waals surface area contributed by atoms with Gasteiger partial charge in [-0.25, -0.2) is 4.79 Å². The molecular weight excluding hydrogens is 388 g/mol. The fraction of sp³-hybridized carbons (Fsp3) is 0.652. The average Bonchev–Trinajstić information content (AvgIpc) is 3.56. The van der Waals surface area contributed by atoms with Crippen LogP contribution >= 0.6 is 11.6 Å². The highest BCUT2D eigenvalue weighted by Crippen LogP contribution is 2.52. The lowest BCUT2D eigenvalue weighted by molar-refractivity contribution is -0.139. The number of piperidine rings is 1. The van der Waals surface area contributed by atoms with Crippen molar-refractivity contribution in [3.05, 3.63) is 34.9 Å². The van der Waals surface area contributed by atoms with Crippen LogP contribution in [0.15, 0.2) is 24.3 Å². The van der Waals surface area contributed by atoms with Crippen LogP contribution in [0.2, 0.25) is 5.02 Å². The Bertz CT molecular complexity index is 793. The van der Waals surface area contributed by atoms with E-state index in [-0.39, 0.29) is 23.4 Å². The third-order valence-corrected chi connectivity index (χ3v) is 7.20. The summed E-state index contributed by atoms with van der Waals surface area (Å²) >= 11 is 6.06. The zero-order chi connectivity index (χ0) is 21.0. The summed E-state index contributed by atoms with van der Waals surface area (Å²) in [4.78, 5) is 29.3. The molecule has 29 heavy (non-hydrogen) atoms. The van der Waals surface area contributed by atoms with Crippen molar-refractivity contribution in [3.8, 4) is 0 Å². The van der Waals surface area contributed by atoms with Gasteiger partial charge in [-0.1, -0.05) is 44.5 Å². The molecule has 2 atom stereocenters. The first-order chi connectivity index (χ1) is 13.6. The summed E-state index contributed by atoms with van der Waals surface area (Å²) in [5.74, 6) is 0.240. The van der Waals surface area contributed by atoms with E-state index in [4.69, 9.17) is 11.6 Å². The molecule has 158 valence electrons. The molecule has 0 bridgehead atoms. The Morgan fingerprint density at radius 2 is 1.72 bits per heavy atom. The number of hydrogen-bond acceptors (Lipinski definition) is 2. The largest absolute Gasteiger partial charge is 0.465 e. The van der Waals surface area contributed by atoms with Crippen LogP contribution in [0.25, 0.3) is 0 Å². The molecule has 0 spiro atoms. The second-order valence-corrected chi connectivity index (χ2v) is 10.5. The van der Waals surface area contributed by atoms with Crippen molar-refractivity contribution in [2.75, 3.05) is 6.54 Å². The van der Waals surface area contributed by atoms with Gasteiger partial charge in [-0.2, -0.15) is 0 Å². The Labute approximate surface area is 178 Å². The van der Waals surface area contributed by atoms with Crippen LogP contribution in [0.4, 0.5) is 4.79 Å². The minimum atomic E-state index is -0.854. The molecular formula is C23H31ClN2O3. The van der Waals surface area contributed by atoms with Crippen molar-refractivity contribution in [2.45, 2.75) is 82.8 Å². The van der Waals surface area contributed by atoms with Gasteiger partial charge in [0.2, 0.25) is 5.91 Å². The summed E-state index contributed by atoms with van der Waals surface area (Å²) in [6.07, 6.45) is 4.46. The van der Waals surface area contributed by atoms with Crippen LogP contribution in [0.5, 0.6) is 0 Å². The van der Waals surface area contributed by atoms with E-state index in [0.717, 1.165) is 44.1 Å². The van der Waals surface area contributed by atoms with Crippen LogP contribution in [0, 0.1) is 5.41 Å². The second-order valence-electron chi connectivity index (χ2n) is 10.1. The number of carbonyl (C=O) groups excluding carboxylic acids is 1. The quantitative estimate of drug-likeness (QED) is 0.754. The monoisotopic (exact) mass is 418 g/mol. The van der Waals surface area contributed by atoms with Crippen LogP contribution in [0.3, 0.4) is 0 Å². The predicted molar refractivity (Wildman–Crippen MR) is 113 cm³/mol. The fourth-order valence-electron chi connectivity index (χ4n) is 5.00. The maximum Gasteiger partial charge on any atom is 0.407 e. The number of amides is 2. The molecule has 5 nitrogen and oxygen atoms in total. The molecule has 1 saturated heterocycles. The maximum atomic E-state index is 13.8. The fourth-order valence-corrected chi connectivity index (χ4v) is 5.12. The molecule has 3 aliphatic rings. The van der Waals surface area contributed by atoms with Crippen LogP contribution in [0.1, 0.15) is 64.9 Å². The topological polar surface area (TPSA) is 60.9 Å². The summed E-state index contributed by atoms with van der Waals surface area (Å²) in [5, 5.41) is 10.4. The van der Waals surface area contributed by atoms with E-state index in [2.05, 4.69) is 25.7 Å². The first kappa shape index (κ1) is 20.5. The molecule has 1 heterocycles. The standard InChI is InChI=1S/C23H31ClN2O3/c1-22(2,3)19-14-18(10-13-25(19)21(28)29)26(17-8-9-17)20(27)23(11-12-23)15-4-6-16(24)7-5-15/h4-7,17-19H,8-14H2,1-3H3,(H,28,29). The van der Waals surface area contributed by atoms with Crippen molar-refractivity contribution in [1.29, 1.82) is 0 Å². The van der Waals surface area contributed by atoms with Crippen LogP contribution in [-0.2, 0) is 10.2 Å². The Hall–Kier alpha value is -1.75. The van der Waals surface area contributed by atoms with E-state index in [9.17, 15) is 14.7 Å². The molecule has 1 aromatic rings. The van der Waals surface area contributed by atoms with Gasteiger partial charge in [0.1, 0.15) is 0 Å². The third kappa shape index (κ3) is 3.86. The molecule has 1 aliphatic heterocycles. The number of benzene rings is 1. The third-order valence-electron chi connectivity index (χ3n) is 6.94. The van der Waals surface area contributed by atoms with Gasteiger partial charge in [-0.05, 0) is 61.6 Å². The van der Waals surface area contributed by atoms with Gasteiger partial charge in [-0.15, -0.1) is 0 Å². The Morgan fingerprint density at radius 3 is 2.21 bits per heavy atom. The molecule has 1 N–H and O–H groups in total. The molecule has 2 aliphatic carbocycles. The molecule has 6 heteroatoms. The van der Waals surface area contributed by atoms with Crippen molar-refractivity contribution in [3.63, 3.8) is 0 Å². The average molecular weight is 419 g/mol. The van der Waals surface area contributed by atoms with E-state index in [1.54, 1.807) is 4.90 Å². The number of carboxylic acid groups (broad SMARTS) is 1. The second kappa shape index (κ2) is 7.19. The normalized spacial score (nSPS) is 26.1. The lowest BCUT2D eigenvalue weighted by atomic mass is 9.78. The summed E-state index contributed by atoms with van der Waals surface area (Å²) in [6, 6.07) is 8.05. The number of rotatable bonds is 4. The minimum Gasteiger partial charge on any atom is -0.465 e. The first-order valence-corrected chi connectivity index (χ1v) is 11.1. The molecule has 0 radical (unpaired) electrons. The van der Waals surface area contributed by atoms with Crippen molar-refractivity contribution < 1.29 is 14.7 Å². The van der Waals surface area contributed by atoms with E-state index in [0.29, 0.717) is 17.6 Å². The minimum absolute atomic E-state index is 0.0847. The van der Waals surface area contributed by atoms with Gasteiger partial charge >= 0.3 is 6.09 Å². The number of hydrogen-bond donors (Lipinski definition) is 1. The summed E-state index contributed by atoms with van der Waals surface area (Å²) < 4.78 is 0. The molecule has 0 aromatic heterocycles. The number of nitrogens with zero attached hydrogens (tertiary/aromatic N) is 2. The number of halogens is 1. The lowest BCUT2D eigenvalue weighted by Crippen LogP contribution is -2.58. The van der Waals surface area contributed by atoms with Crippen molar-refractivity contribution in [1.82, 2.24) is 9.80 Å². The Morgan fingerprint density at radius 1 is 1.10 bits per heavy atom. The molecule has 2 amide bonds. The smallest absolute Gasteiger partial charge is 0.407 e. The number of likely N-dealkylation sites (tertiary alicyclic amines) is 1. The van der Waals surface area contributed by atoms with Crippen molar-refractivity contribution >= 4 is 23.6 Å². The highest BCUT2D eigenvalue weighted by atomic mass is 35.5. The van der Waals surface area contributed by atoms with Crippen LogP contribution in [-0.4, -0.2) is 51.6 Å². The summed E-state index contributed by atoms with van der Waals surface area (Å²) in [5.41, 5.74) is 0.491. The first-order valence-electron chi connectivity index (χ1n) is 10.7. The van der Waals surface area contributed by atoms with Crippen LogP contribution < -0.4 is 0 Å². The van der Waals surface area contributed by atoms with Gasteiger partial charge in [0.05, 0.1) is 5.41 Å². The Kier molecular flexibility index (Phi) is 5.09. The summed E-state index contributed by atoms with van der Waals surface area (Å²) in [6.45, 7) is 6.77. The highest BCUT2D eigenvalue weighted by molar-refractivity contribution is 6.30. The SMILES string of the molecule is CC(C)(C)C1CC(N(C(=O)C2(c3ccc(Cl)cc3)CC2)C2CC2)CCN1C(=O)O. The van der Waals surface area contributed by atoms with Gasteiger partial charge in [-0.3, -0.25) is 4.79 Å². The molecule has 2 saturated carbocycles. The zero-order valence-corrected chi connectivity index (χ0v) is 18.3.